The van der Waals surface area contributed by atoms with Crippen molar-refractivity contribution in [2.45, 2.75) is 19.3 Å². The van der Waals surface area contributed by atoms with Crippen LogP contribution in [0.1, 0.15) is 34.6 Å². The van der Waals surface area contributed by atoms with Gasteiger partial charge in [0, 0.05) is 25.1 Å². The second-order valence-corrected chi connectivity index (χ2v) is 7.36. The molecule has 30 heavy (non-hydrogen) atoms. The van der Waals surface area contributed by atoms with Crippen molar-refractivity contribution in [3.05, 3.63) is 81.8 Å². The second kappa shape index (κ2) is 8.33. The van der Waals surface area contributed by atoms with E-state index < -0.39 is 11.5 Å². The first kappa shape index (κ1) is 19.6. The fourth-order valence-corrected chi connectivity index (χ4v) is 3.82. The number of H-pyrrole nitrogens is 1. The van der Waals surface area contributed by atoms with Gasteiger partial charge in [0.1, 0.15) is 11.6 Å². The number of para-hydroxylation sites is 1. The predicted octanol–water partition coefficient (Wildman–Crippen LogP) is 2.67. The summed E-state index contributed by atoms with van der Waals surface area (Å²) < 4.78 is 15.5. The summed E-state index contributed by atoms with van der Waals surface area (Å²) in [5, 5.41) is 15.4. The topological polar surface area (TPSA) is 94.8 Å². The molecule has 2 heterocycles. The van der Waals surface area contributed by atoms with Crippen LogP contribution >= 0.6 is 0 Å². The van der Waals surface area contributed by atoms with E-state index in [0.29, 0.717) is 36.5 Å². The molecule has 0 saturated carbocycles. The summed E-state index contributed by atoms with van der Waals surface area (Å²) in [5.41, 5.74) is 0.793. The Bertz CT molecular complexity index is 1150. The number of aromatic amines is 1. The molecule has 0 spiro atoms. The number of nitrogens with zero attached hydrogens (tertiary/aromatic N) is 4. The summed E-state index contributed by atoms with van der Waals surface area (Å²) in [5.74, 6) is 0.184. The van der Waals surface area contributed by atoms with Crippen LogP contribution in [0.2, 0.25) is 0 Å². The average Bonchev–Trinajstić information content (AvgIpc) is 3.14. The van der Waals surface area contributed by atoms with E-state index in [1.165, 1.54) is 10.6 Å². The van der Waals surface area contributed by atoms with E-state index in [1.54, 1.807) is 47.4 Å². The van der Waals surface area contributed by atoms with Gasteiger partial charge in [0.25, 0.3) is 5.91 Å². The Morgan fingerprint density at radius 2 is 1.87 bits per heavy atom. The summed E-state index contributed by atoms with van der Waals surface area (Å²) in [6.45, 7) is 1.19. The zero-order valence-corrected chi connectivity index (χ0v) is 16.2. The van der Waals surface area contributed by atoms with Gasteiger partial charge in [0.15, 0.2) is 0 Å². The minimum atomic E-state index is -0.481. The van der Waals surface area contributed by atoms with Gasteiger partial charge in [-0.15, -0.1) is 0 Å². The lowest BCUT2D eigenvalue weighted by Gasteiger charge is -2.32. The molecule has 1 aliphatic heterocycles. The number of hydrogen-bond acceptors (Lipinski definition) is 4. The Morgan fingerprint density at radius 1 is 1.17 bits per heavy atom. The standard InChI is InChI=1S/C22H20FN5O2/c23-18-3-1-2-4-19(18)28-20(25-26-22(28)30)13-15-9-11-27(12-10-15)21(29)17-7-5-16(14-24)6-8-17/h1-8,15H,9-13H2,(H,26,30). The molecule has 1 saturated heterocycles. The van der Waals surface area contributed by atoms with Crippen molar-refractivity contribution in [2.24, 2.45) is 5.92 Å². The lowest BCUT2D eigenvalue weighted by atomic mass is 9.92. The van der Waals surface area contributed by atoms with E-state index in [2.05, 4.69) is 10.2 Å². The van der Waals surface area contributed by atoms with Gasteiger partial charge in [-0.25, -0.2) is 18.9 Å². The zero-order valence-electron chi connectivity index (χ0n) is 16.2. The monoisotopic (exact) mass is 405 g/mol. The van der Waals surface area contributed by atoms with Crippen LogP contribution in [0.25, 0.3) is 5.69 Å². The van der Waals surface area contributed by atoms with Gasteiger partial charge in [-0.2, -0.15) is 10.4 Å². The van der Waals surface area contributed by atoms with Crippen LogP contribution in [0.4, 0.5) is 4.39 Å². The number of aromatic nitrogens is 3. The average molecular weight is 405 g/mol. The number of nitrogens with one attached hydrogen (secondary N) is 1. The highest BCUT2D eigenvalue weighted by Gasteiger charge is 2.26. The van der Waals surface area contributed by atoms with Crippen molar-refractivity contribution in [3.8, 4) is 11.8 Å². The maximum absolute atomic E-state index is 14.2. The van der Waals surface area contributed by atoms with Gasteiger partial charge < -0.3 is 4.90 Å². The Balaban J connectivity index is 1.42. The Labute approximate surface area is 172 Å². The van der Waals surface area contributed by atoms with Gasteiger partial charge in [0.05, 0.1) is 17.3 Å². The molecule has 8 heteroatoms. The number of rotatable bonds is 4. The third-order valence-electron chi connectivity index (χ3n) is 5.47. The van der Waals surface area contributed by atoms with E-state index in [1.807, 2.05) is 6.07 Å². The number of likely N-dealkylation sites (tertiary alicyclic amines) is 1. The maximum Gasteiger partial charge on any atom is 0.348 e. The van der Waals surface area contributed by atoms with Crippen LogP contribution < -0.4 is 5.69 Å². The van der Waals surface area contributed by atoms with Crippen molar-refractivity contribution in [1.82, 2.24) is 19.7 Å². The van der Waals surface area contributed by atoms with E-state index in [9.17, 15) is 14.0 Å². The normalized spacial score (nSPS) is 14.5. The number of benzene rings is 2. The van der Waals surface area contributed by atoms with Crippen LogP contribution in [-0.2, 0) is 6.42 Å². The third-order valence-corrected chi connectivity index (χ3v) is 5.47. The number of halogens is 1. The Hall–Kier alpha value is -3.73. The molecule has 152 valence electrons. The smallest absolute Gasteiger partial charge is 0.339 e. The van der Waals surface area contributed by atoms with Crippen molar-refractivity contribution < 1.29 is 9.18 Å². The summed E-state index contributed by atoms with van der Waals surface area (Å²) in [4.78, 5) is 26.7. The van der Waals surface area contributed by atoms with Crippen molar-refractivity contribution >= 4 is 5.91 Å². The molecule has 0 radical (unpaired) electrons. The molecule has 7 nitrogen and oxygen atoms in total. The molecule has 1 aromatic heterocycles. The molecule has 0 atom stereocenters. The van der Waals surface area contributed by atoms with Gasteiger partial charge >= 0.3 is 5.69 Å². The van der Waals surface area contributed by atoms with Crippen LogP contribution in [0, 0.1) is 23.1 Å². The molecule has 1 aliphatic rings. The summed E-state index contributed by atoms with van der Waals surface area (Å²) >= 11 is 0. The minimum absolute atomic E-state index is 0.0547. The quantitative estimate of drug-likeness (QED) is 0.722. The fraction of sp³-hybridized carbons (Fsp3) is 0.273. The molecule has 0 aliphatic carbocycles. The molecule has 1 amide bonds. The number of hydrogen-bond donors (Lipinski definition) is 1. The SMILES string of the molecule is N#Cc1ccc(C(=O)N2CCC(Cc3n[nH]c(=O)n3-c3ccccc3F)CC2)cc1. The van der Waals surface area contributed by atoms with Crippen LogP contribution in [0.3, 0.4) is 0 Å². The summed E-state index contributed by atoms with van der Waals surface area (Å²) in [6, 6.07) is 14.8. The number of nitriles is 1. The van der Waals surface area contributed by atoms with Gasteiger partial charge in [-0.1, -0.05) is 12.1 Å². The number of piperidine rings is 1. The van der Waals surface area contributed by atoms with E-state index in [-0.39, 0.29) is 17.5 Å². The number of carbonyl (C=O) groups is 1. The predicted molar refractivity (Wildman–Crippen MR) is 108 cm³/mol. The van der Waals surface area contributed by atoms with E-state index in [4.69, 9.17) is 5.26 Å². The van der Waals surface area contributed by atoms with E-state index in [0.717, 1.165) is 12.8 Å². The minimum Gasteiger partial charge on any atom is -0.339 e. The molecule has 1 fully saturated rings. The van der Waals surface area contributed by atoms with Crippen molar-refractivity contribution in [1.29, 1.82) is 5.26 Å². The summed E-state index contributed by atoms with van der Waals surface area (Å²) in [7, 11) is 0. The molecular weight excluding hydrogens is 385 g/mol. The first-order chi connectivity index (χ1) is 14.6. The molecule has 1 N–H and O–H groups in total. The number of carbonyl (C=O) groups excluding carboxylic acids is 1. The molecular formula is C22H20FN5O2. The Morgan fingerprint density at radius 3 is 2.53 bits per heavy atom. The third kappa shape index (κ3) is 3.87. The number of amides is 1. The second-order valence-electron chi connectivity index (χ2n) is 7.36. The van der Waals surface area contributed by atoms with Crippen LogP contribution in [0.5, 0.6) is 0 Å². The lowest BCUT2D eigenvalue weighted by molar-refractivity contribution is 0.0689. The largest absolute Gasteiger partial charge is 0.348 e. The van der Waals surface area contributed by atoms with Crippen LogP contribution in [-0.4, -0.2) is 38.7 Å². The van der Waals surface area contributed by atoms with Crippen LogP contribution in [0.15, 0.2) is 53.3 Å². The highest BCUT2D eigenvalue weighted by molar-refractivity contribution is 5.94. The van der Waals surface area contributed by atoms with Gasteiger partial charge in [0.2, 0.25) is 0 Å². The van der Waals surface area contributed by atoms with Gasteiger partial charge in [-0.05, 0) is 55.2 Å². The molecule has 2 aromatic carbocycles. The van der Waals surface area contributed by atoms with Crippen molar-refractivity contribution in [3.63, 3.8) is 0 Å². The highest BCUT2D eigenvalue weighted by Crippen LogP contribution is 2.23. The summed E-state index contributed by atoms with van der Waals surface area (Å²) in [6.07, 6.45) is 2.05. The first-order valence-electron chi connectivity index (χ1n) is 9.77. The zero-order chi connectivity index (χ0) is 21.1. The highest BCUT2D eigenvalue weighted by atomic mass is 19.1. The maximum atomic E-state index is 14.2. The first-order valence-corrected chi connectivity index (χ1v) is 9.77. The van der Waals surface area contributed by atoms with Gasteiger partial charge in [-0.3, -0.25) is 4.79 Å². The molecule has 0 bridgehead atoms. The molecule has 0 unspecified atom stereocenters. The fourth-order valence-electron chi connectivity index (χ4n) is 3.82. The molecule has 4 rings (SSSR count). The lowest BCUT2D eigenvalue weighted by Crippen LogP contribution is -2.39. The Kier molecular flexibility index (Phi) is 5.44. The molecule has 3 aromatic rings. The van der Waals surface area contributed by atoms with Crippen molar-refractivity contribution in [2.75, 3.05) is 13.1 Å². The van der Waals surface area contributed by atoms with E-state index >= 15 is 0 Å².